The Balaban J connectivity index is 1.34. The number of hydrogen-bond donors (Lipinski definition) is 0. The molecule has 0 aliphatic heterocycles. The number of rotatable bonds is 7. The fourth-order valence-corrected chi connectivity index (χ4v) is 4.90. The van der Waals surface area contributed by atoms with Gasteiger partial charge in [0.25, 0.3) is 0 Å². The van der Waals surface area contributed by atoms with Crippen molar-refractivity contribution in [1.29, 1.82) is 10.5 Å². The van der Waals surface area contributed by atoms with Gasteiger partial charge in [-0.05, 0) is 93.7 Å². The topological polar surface area (TPSA) is 73.9 Å². The Morgan fingerprint density at radius 2 is 1.68 bits per heavy atom. The second-order valence-corrected chi connectivity index (χ2v) is 8.86. The highest BCUT2D eigenvalue weighted by molar-refractivity contribution is 5.72. The maximum atomic E-state index is 12.7. The third kappa shape index (κ3) is 7.11. The average Bonchev–Trinajstić information content (AvgIpc) is 2.82. The molecule has 0 atom stereocenters. The Labute approximate surface area is 186 Å². The van der Waals surface area contributed by atoms with E-state index in [4.69, 9.17) is 15.3 Å². The van der Waals surface area contributed by atoms with Gasteiger partial charge in [0.2, 0.25) is 0 Å². The van der Waals surface area contributed by atoms with Crippen LogP contribution < -0.4 is 0 Å². The monoisotopic (exact) mass is 416 g/mol. The molecule has 162 valence electrons. The quantitative estimate of drug-likeness (QED) is 0.295. The molecule has 2 saturated carbocycles. The predicted octanol–water partition coefficient (Wildman–Crippen LogP) is 6.35. The summed E-state index contributed by atoms with van der Waals surface area (Å²) in [6, 6.07) is 12.0. The molecule has 0 radical (unpaired) electrons. The molecule has 4 heteroatoms. The van der Waals surface area contributed by atoms with Crippen LogP contribution in [0.2, 0.25) is 0 Å². The summed E-state index contributed by atoms with van der Waals surface area (Å²) >= 11 is 0. The van der Waals surface area contributed by atoms with E-state index in [-0.39, 0.29) is 18.0 Å². The van der Waals surface area contributed by atoms with Crippen LogP contribution in [0.5, 0.6) is 0 Å². The number of hydrogen-bond acceptors (Lipinski definition) is 4. The average molecular weight is 417 g/mol. The minimum absolute atomic E-state index is 0.0156. The molecule has 0 aromatic heterocycles. The Kier molecular flexibility index (Phi) is 8.92. The van der Waals surface area contributed by atoms with Crippen LogP contribution in [-0.4, -0.2) is 12.1 Å². The first kappa shape index (κ1) is 22.8. The molecule has 2 aliphatic carbocycles. The minimum atomic E-state index is 0.0156. The summed E-state index contributed by atoms with van der Waals surface area (Å²) in [5.74, 6) is 1.28. The van der Waals surface area contributed by atoms with Gasteiger partial charge in [0, 0.05) is 6.08 Å². The van der Waals surface area contributed by atoms with Gasteiger partial charge >= 0.3 is 5.97 Å². The van der Waals surface area contributed by atoms with Gasteiger partial charge in [-0.3, -0.25) is 4.79 Å². The first-order valence-corrected chi connectivity index (χ1v) is 11.6. The maximum Gasteiger partial charge on any atom is 0.309 e. The zero-order chi connectivity index (χ0) is 21.9. The zero-order valence-corrected chi connectivity index (χ0v) is 18.2. The van der Waals surface area contributed by atoms with E-state index in [0.717, 1.165) is 64.2 Å². The van der Waals surface area contributed by atoms with Gasteiger partial charge in [-0.15, -0.1) is 0 Å². The summed E-state index contributed by atoms with van der Waals surface area (Å²) in [5, 5.41) is 17.4. The van der Waals surface area contributed by atoms with Crippen LogP contribution >= 0.6 is 0 Å². The van der Waals surface area contributed by atoms with Crippen molar-refractivity contribution >= 4 is 5.97 Å². The van der Waals surface area contributed by atoms with E-state index in [0.29, 0.717) is 17.4 Å². The molecule has 0 unspecified atom stereocenters. The molecule has 1 aromatic rings. The van der Waals surface area contributed by atoms with Crippen molar-refractivity contribution in [3.05, 3.63) is 59.7 Å². The third-order valence-corrected chi connectivity index (χ3v) is 6.81. The van der Waals surface area contributed by atoms with Crippen LogP contribution in [0.15, 0.2) is 48.6 Å². The number of carbonyl (C=O) groups excluding carboxylic acids is 1. The molecular weight excluding hydrogens is 384 g/mol. The lowest BCUT2D eigenvalue weighted by Gasteiger charge is -2.31. The van der Waals surface area contributed by atoms with E-state index < -0.39 is 0 Å². The summed E-state index contributed by atoms with van der Waals surface area (Å²) in [6.45, 7) is 0. The first-order valence-electron chi connectivity index (χ1n) is 11.6. The summed E-state index contributed by atoms with van der Waals surface area (Å²) in [6.07, 6.45) is 17.6. The molecular formula is C27H32N2O2. The lowest BCUT2D eigenvalue weighted by molar-refractivity contribution is -0.157. The second-order valence-electron chi connectivity index (χ2n) is 8.86. The summed E-state index contributed by atoms with van der Waals surface area (Å²) < 4.78 is 5.90. The number of carbonyl (C=O) groups is 1. The van der Waals surface area contributed by atoms with Gasteiger partial charge in [-0.1, -0.05) is 30.4 Å². The second kappa shape index (κ2) is 12.1. The number of nitrogens with zero attached hydrogens (tertiary/aromatic N) is 2. The number of allylic oxidation sites excluding steroid dienone is 4. The normalized spacial score (nSPS) is 26.4. The molecule has 0 saturated heterocycles. The van der Waals surface area contributed by atoms with Crippen molar-refractivity contribution in [2.75, 3.05) is 0 Å². The summed E-state index contributed by atoms with van der Waals surface area (Å²) in [5.41, 5.74) is 1.99. The molecule has 0 bridgehead atoms. The van der Waals surface area contributed by atoms with E-state index in [9.17, 15) is 4.79 Å². The molecule has 2 fully saturated rings. The Hall–Kier alpha value is -2.85. The molecule has 0 amide bonds. The Morgan fingerprint density at radius 1 is 0.968 bits per heavy atom. The number of nitriles is 2. The molecule has 0 heterocycles. The smallest absolute Gasteiger partial charge is 0.309 e. The van der Waals surface area contributed by atoms with E-state index in [1.165, 1.54) is 11.6 Å². The van der Waals surface area contributed by atoms with Crippen LogP contribution in [0.4, 0.5) is 0 Å². The lowest BCUT2D eigenvalue weighted by atomic mass is 9.79. The molecule has 0 spiro atoms. The summed E-state index contributed by atoms with van der Waals surface area (Å²) in [4.78, 5) is 12.7. The highest BCUT2D eigenvalue weighted by Crippen LogP contribution is 2.36. The van der Waals surface area contributed by atoms with Gasteiger partial charge < -0.3 is 4.74 Å². The Bertz CT molecular complexity index is 841. The molecule has 4 nitrogen and oxygen atoms in total. The van der Waals surface area contributed by atoms with Gasteiger partial charge in [0.1, 0.15) is 6.10 Å². The number of esters is 1. The molecule has 1 aromatic carbocycles. The van der Waals surface area contributed by atoms with Gasteiger partial charge in [0.15, 0.2) is 0 Å². The van der Waals surface area contributed by atoms with Crippen LogP contribution in [-0.2, 0) is 9.53 Å². The molecule has 0 N–H and O–H groups in total. The molecule has 3 rings (SSSR count). The minimum Gasteiger partial charge on any atom is -0.462 e. The van der Waals surface area contributed by atoms with Crippen molar-refractivity contribution in [1.82, 2.24) is 0 Å². The largest absolute Gasteiger partial charge is 0.462 e. The van der Waals surface area contributed by atoms with Gasteiger partial charge in [0.05, 0.1) is 23.6 Å². The van der Waals surface area contributed by atoms with Crippen molar-refractivity contribution in [2.45, 2.75) is 76.2 Å². The van der Waals surface area contributed by atoms with Crippen molar-refractivity contribution < 1.29 is 9.53 Å². The van der Waals surface area contributed by atoms with Crippen LogP contribution in [0.1, 0.15) is 81.3 Å². The van der Waals surface area contributed by atoms with E-state index in [1.807, 2.05) is 24.3 Å². The maximum absolute atomic E-state index is 12.7. The summed E-state index contributed by atoms with van der Waals surface area (Å²) in [7, 11) is 0. The zero-order valence-electron chi connectivity index (χ0n) is 18.2. The van der Waals surface area contributed by atoms with Crippen molar-refractivity contribution in [2.24, 2.45) is 11.8 Å². The lowest BCUT2D eigenvalue weighted by Crippen LogP contribution is -2.29. The van der Waals surface area contributed by atoms with E-state index >= 15 is 0 Å². The van der Waals surface area contributed by atoms with Gasteiger partial charge in [-0.2, -0.15) is 10.5 Å². The number of ether oxygens (including phenoxy) is 1. The van der Waals surface area contributed by atoms with Crippen LogP contribution in [0.3, 0.4) is 0 Å². The SMILES string of the molecule is N#CC=CC=CCC[C@H]1CC[C@H](C(=O)O[C@H]2CC[C@H](c3ccc(C#N)cc3)CC2)CC1. The first-order chi connectivity index (χ1) is 15.2. The van der Waals surface area contributed by atoms with Crippen LogP contribution in [0.25, 0.3) is 0 Å². The molecule has 31 heavy (non-hydrogen) atoms. The van der Waals surface area contributed by atoms with Gasteiger partial charge in [-0.25, -0.2) is 0 Å². The third-order valence-electron chi connectivity index (χ3n) is 6.81. The van der Waals surface area contributed by atoms with Crippen molar-refractivity contribution in [3.63, 3.8) is 0 Å². The number of benzene rings is 1. The highest BCUT2D eigenvalue weighted by Gasteiger charge is 2.30. The van der Waals surface area contributed by atoms with Crippen molar-refractivity contribution in [3.8, 4) is 12.1 Å². The van der Waals surface area contributed by atoms with E-state index in [2.05, 4.69) is 24.3 Å². The van der Waals surface area contributed by atoms with E-state index in [1.54, 1.807) is 6.08 Å². The molecule has 2 aliphatic rings. The fraction of sp³-hybridized carbons (Fsp3) is 0.519. The fourth-order valence-electron chi connectivity index (χ4n) is 4.90. The standard InChI is InChI=1S/C27H32N2O2/c28-19-5-3-1-2-4-6-21-7-13-25(14-8-21)27(30)31-26-17-15-24(16-18-26)23-11-9-22(20-29)10-12-23/h1-3,5,9-12,21,24-26H,4,6-8,13-18H2/t21-,24-,25-,26-. The highest BCUT2D eigenvalue weighted by atomic mass is 16.5. The Morgan fingerprint density at radius 3 is 2.32 bits per heavy atom. The predicted molar refractivity (Wildman–Crippen MR) is 121 cm³/mol. The van der Waals surface area contributed by atoms with Crippen LogP contribution in [0, 0.1) is 34.5 Å².